The number of carbonyl (C=O) groups excluding carboxylic acids is 1. The summed E-state index contributed by atoms with van der Waals surface area (Å²) in [6.07, 6.45) is 0.995. The van der Waals surface area contributed by atoms with E-state index < -0.39 is 27.8 Å². The molecule has 1 amide bonds. The minimum absolute atomic E-state index is 0.230. The summed E-state index contributed by atoms with van der Waals surface area (Å²) in [7, 11) is -2.19. The monoisotopic (exact) mass is 318 g/mol. The van der Waals surface area contributed by atoms with Crippen LogP contribution < -0.4 is 9.62 Å². The van der Waals surface area contributed by atoms with Gasteiger partial charge in [-0.05, 0) is 31.2 Å². The normalized spacial score (nSPS) is 12.8. The minimum Gasteiger partial charge on any atom is -0.383 e. The SMILES string of the molecule is COCCNC(=O)C(C)N(c1ccc(F)cc1)S(C)(=O)=O. The number of ether oxygens (including phenoxy) is 1. The molecule has 1 aromatic carbocycles. The second-order valence-corrected chi connectivity index (χ2v) is 6.35. The predicted octanol–water partition coefficient (Wildman–Crippen LogP) is 0.743. The van der Waals surface area contributed by atoms with Gasteiger partial charge in [0.05, 0.1) is 18.6 Å². The molecule has 0 aliphatic rings. The maximum Gasteiger partial charge on any atom is 0.243 e. The molecule has 0 aliphatic carbocycles. The first-order valence-corrected chi connectivity index (χ1v) is 8.14. The van der Waals surface area contributed by atoms with Crippen LogP contribution in [0.5, 0.6) is 0 Å². The topological polar surface area (TPSA) is 75.7 Å². The Morgan fingerprint density at radius 2 is 1.95 bits per heavy atom. The zero-order chi connectivity index (χ0) is 16.0. The van der Waals surface area contributed by atoms with E-state index >= 15 is 0 Å². The number of halogens is 1. The van der Waals surface area contributed by atoms with Gasteiger partial charge in [0.1, 0.15) is 11.9 Å². The first-order valence-electron chi connectivity index (χ1n) is 6.29. The van der Waals surface area contributed by atoms with Crippen LogP contribution >= 0.6 is 0 Å². The molecule has 1 unspecified atom stereocenters. The minimum atomic E-state index is -3.69. The van der Waals surface area contributed by atoms with Crippen LogP contribution in [0.25, 0.3) is 0 Å². The number of nitrogens with zero attached hydrogens (tertiary/aromatic N) is 1. The maximum atomic E-state index is 13.0. The van der Waals surface area contributed by atoms with E-state index in [0.717, 1.165) is 22.7 Å². The van der Waals surface area contributed by atoms with Crippen molar-refractivity contribution in [1.82, 2.24) is 5.32 Å². The summed E-state index contributed by atoms with van der Waals surface area (Å²) < 4.78 is 42.6. The number of sulfonamides is 1. The molecule has 21 heavy (non-hydrogen) atoms. The summed E-state index contributed by atoms with van der Waals surface area (Å²) in [5, 5.41) is 2.57. The van der Waals surface area contributed by atoms with Gasteiger partial charge in [-0.3, -0.25) is 9.10 Å². The molecule has 0 saturated carbocycles. The Bertz CT molecular complexity index is 574. The fourth-order valence-electron chi connectivity index (χ4n) is 1.82. The summed E-state index contributed by atoms with van der Waals surface area (Å²) in [6.45, 7) is 2.07. The van der Waals surface area contributed by atoms with Gasteiger partial charge in [0.25, 0.3) is 0 Å². The van der Waals surface area contributed by atoms with Crippen molar-refractivity contribution in [2.24, 2.45) is 0 Å². The van der Waals surface area contributed by atoms with Gasteiger partial charge in [0, 0.05) is 13.7 Å². The number of hydrogen-bond acceptors (Lipinski definition) is 4. The third-order valence-electron chi connectivity index (χ3n) is 2.78. The van der Waals surface area contributed by atoms with Crippen molar-refractivity contribution in [3.8, 4) is 0 Å². The van der Waals surface area contributed by atoms with Gasteiger partial charge in [-0.1, -0.05) is 0 Å². The average Bonchev–Trinajstić information content (AvgIpc) is 2.39. The number of rotatable bonds is 7. The molecule has 1 aromatic rings. The predicted molar refractivity (Wildman–Crippen MR) is 78.1 cm³/mol. The van der Waals surface area contributed by atoms with E-state index in [-0.39, 0.29) is 12.2 Å². The third-order valence-corrected chi connectivity index (χ3v) is 4.02. The Balaban J connectivity index is 2.98. The van der Waals surface area contributed by atoms with Crippen molar-refractivity contribution in [3.63, 3.8) is 0 Å². The molecule has 6 nitrogen and oxygen atoms in total. The summed E-state index contributed by atoms with van der Waals surface area (Å²) in [5.41, 5.74) is 0.230. The Kier molecular flexibility index (Phi) is 6.10. The van der Waals surface area contributed by atoms with Crippen LogP contribution in [-0.2, 0) is 19.6 Å². The zero-order valence-corrected chi connectivity index (χ0v) is 13.0. The van der Waals surface area contributed by atoms with E-state index in [1.807, 2.05) is 0 Å². The van der Waals surface area contributed by atoms with Crippen molar-refractivity contribution in [2.45, 2.75) is 13.0 Å². The number of nitrogens with one attached hydrogen (secondary N) is 1. The largest absolute Gasteiger partial charge is 0.383 e. The second kappa shape index (κ2) is 7.37. The van der Waals surface area contributed by atoms with Crippen molar-refractivity contribution in [2.75, 3.05) is 30.8 Å². The van der Waals surface area contributed by atoms with Gasteiger partial charge in [-0.15, -0.1) is 0 Å². The molecule has 0 radical (unpaired) electrons. The molecule has 0 saturated heterocycles. The third kappa shape index (κ3) is 4.98. The molecule has 0 fully saturated rings. The molecule has 0 aliphatic heterocycles. The molecular formula is C13H19FN2O4S. The van der Waals surface area contributed by atoms with E-state index in [0.29, 0.717) is 6.61 Å². The first-order chi connectivity index (χ1) is 9.77. The van der Waals surface area contributed by atoms with Gasteiger partial charge in [0.15, 0.2) is 0 Å². The van der Waals surface area contributed by atoms with Gasteiger partial charge < -0.3 is 10.1 Å². The molecule has 8 heteroatoms. The van der Waals surface area contributed by atoms with Crippen molar-refractivity contribution >= 4 is 21.6 Å². The lowest BCUT2D eigenvalue weighted by molar-refractivity contribution is -0.122. The molecule has 1 N–H and O–H groups in total. The van der Waals surface area contributed by atoms with Crippen LogP contribution in [0, 0.1) is 5.82 Å². The standard InChI is InChI=1S/C13H19FN2O4S/c1-10(13(17)15-8-9-20-2)16(21(3,18)19)12-6-4-11(14)5-7-12/h4-7,10H,8-9H2,1-3H3,(H,15,17). The fourth-order valence-corrected chi connectivity index (χ4v) is 3.00. The fraction of sp³-hybridized carbons (Fsp3) is 0.462. The van der Waals surface area contributed by atoms with E-state index in [2.05, 4.69) is 5.32 Å². The van der Waals surface area contributed by atoms with E-state index in [9.17, 15) is 17.6 Å². The highest BCUT2D eigenvalue weighted by molar-refractivity contribution is 7.92. The first kappa shape index (κ1) is 17.4. The summed E-state index contributed by atoms with van der Waals surface area (Å²) in [6, 6.07) is 3.96. The highest BCUT2D eigenvalue weighted by Crippen LogP contribution is 2.21. The highest BCUT2D eigenvalue weighted by Gasteiger charge is 2.28. The number of carbonyl (C=O) groups is 1. The van der Waals surface area contributed by atoms with Gasteiger partial charge in [0.2, 0.25) is 15.9 Å². The van der Waals surface area contributed by atoms with Gasteiger partial charge in [-0.2, -0.15) is 0 Å². The van der Waals surface area contributed by atoms with Crippen LogP contribution in [-0.4, -0.2) is 46.9 Å². The van der Waals surface area contributed by atoms with Crippen molar-refractivity contribution in [3.05, 3.63) is 30.1 Å². The zero-order valence-electron chi connectivity index (χ0n) is 12.2. The second-order valence-electron chi connectivity index (χ2n) is 4.50. The highest BCUT2D eigenvalue weighted by atomic mass is 32.2. The molecule has 0 aromatic heterocycles. The maximum absolute atomic E-state index is 13.0. The van der Waals surface area contributed by atoms with Crippen LogP contribution in [0.4, 0.5) is 10.1 Å². The van der Waals surface area contributed by atoms with E-state index in [1.54, 1.807) is 0 Å². The Morgan fingerprint density at radius 3 is 2.43 bits per heavy atom. The molecule has 0 heterocycles. The number of amides is 1. The Hall–Kier alpha value is -1.67. The van der Waals surface area contributed by atoms with Crippen molar-refractivity contribution in [1.29, 1.82) is 0 Å². The van der Waals surface area contributed by atoms with Gasteiger partial charge in [-0.25, -0.2) is 12.8 Å². The Labute approximate surface area is 123 Å². The summed E-state index contributed by atoms with van der Waals surface area (Å²) >= 11 is 0. The quantitative estimate of drug-likeness (QED) is 0.753. The molecule has 1 rings (SSSR count). The molecule has 118 valence electrons. The number of hydrogen-bond donors (Lipinski definition) is 1. The van der Waals surface area contributed by atoms with Gasteiger partial charge >= 0.3 is 0 Å². The number of methoxy groups -OCH3 is 1. The average molecular weight is 318 g/mol. The van der Waals surface area contributed by atoms with E-state index in [4.69, 9.17) is 4.74 Å². The van der Waals surface area contributed by atoms with Crippen LogP contribution in [0.1, 0.15) is 6.92 Å². The lowest BCUT2D eigenvalue weighted by atomic mass is 10.2. The smallest absolute Gasteiger partial charge is 0.243 e. The molecule has 0 bridgehead atoms. The summed E-state index contributed by atoms with van der Waals surface area (Å²) in [5.74, 6) is -0.939. The lowest BCUT2D eigenvalue weighted by Crippen LogP contribution is -2.48. The van der Waals surface area contributed by atoms with Crippen LogP contribution in [0.3, 0.4) is 0 Å². The van der Waals surface area contributed by atoms with Crippen molar-refractivity contribution < 1.29 is 22.3 Å². The molecular weight excluding hydrogens is 299 g/mol. The summed E-state index contributed by atoms with van der Waals surface area (Å²) in [4.78, 5) is 12.0. The molecule has 0 spiro atoms. The van der Waals surface area contributed by atoms with E-state index in [1.165, 1.54) is 26.2 Å². The molecule has 1 atom stereocenters. The van der Waals surface area contributed by atoms with Crippen LogP contribution in [0.2, 0.25) is 0 Å². The lowest BCUT2D eigenvalue weighted by Gasteiger charge is -2.28. The number of anilines is 1. The van der Waals surface area contributed by atoms with Crippen LogP contribution in [0.15, 0.2) is 24.3 Å². The Morgan fingerprint density at radius 1 is 1.38 bits per heavy atom. The number of benzene rings is 1.